The average molecular weight is 162 g/mol. The first kappa shape index (κ1) is 7.31. The standard InChI is InChI=1S/C6H5ClFNO/c7-4-1-5(8)3-6(2-4)10-9/h1-3H,9H2. The minimum absolute atomic E-state index is 0.213. The highest BCUT2D eigenvalue weighted by atomic mass is 35.5. The first-order chi connectivity index (χ1) is 4.72. The SMILES string of the molecule is NOc1cc(F)cc(Cl)c1. The molecule has 0 saturated carbocycles. The van der Waals surface area contributed by atoms with Crippen molar-refractivity contribution in [1.82, 2.24) is 0 Å². The molecule has 54 valence electrons. The Hall–Kier alpha value is -0.800. The Kier molecular flexibility index (Phi) is 2.09. The largest absolute Gasteiger partial charge is 0.411 e. The van der Waals surface area contributed by atoms with Crippen LogP contribution in [0.15, 0.2) is 18.2 Å². The Balaban J connectivity index is 3.06. The molecule has 2 nitrogen and oxygen atoms in total. The van der Waals surface area contributed by atoms with E-state index >= 15 is 0 Å². The zero-order valence-corrected chi connectivity index (χ0v) is 5.73. The van der Waals surface area contributed by atoms with E-state index in [-0.39, 0.29) is 10.8 Å². The van der Waals surface area contributed by atoms with Gasteiger partial charge in [-0.25, -0.2) is 4.39 Å². The summed E-state index contributed by atoms with van der Waals surface area (Å²) in [6, 6.07) is 3.74. The molecule has 1 aromatic carbocycles. The molecule has 0 bridgehead atoms. The highest BCUT2D eigenvalue weighted by Gasteiger charge is 1.97. The average Bonchev–Trinajstić information content (AvgIpc) is 1.85. The summed E-state index contributed by atoms with van der Waals surface area (Å²) in [5.74, 6) is 4.51. The van der Waals surface area contributed by atoms with Crippen LogP contribution < -0.4 is 10.7 Å². The molecule has 0 spiro atoms. The molecule has 0 fully saturated rings. The fourth-order valence-corrected chi connectivity index (χ4v) is 0.808. The van der Waals surface area contributed by atoms with Crippen molar-refractivity contribution >= 4 is 11.6 Å². The van der Waals surface area contributed by atoms with E-state index in [9.17, 15) is 4.39 Å². The van der Waals surface area contributed by atoms with Crippen molar-refractivity contribution in [2.45, 2.75) is 0 Å². The maximum absolute atomic E-state index is 12.4. The Morgan fingerprint density at radius 3 is 2.60 bits per heavy atom. The van der Waals surface area contributed by atoms with E-state index in [1.807, 2.05) is 0 Å². The molecule has 0 unspecified atom stereocenters. The fraction of sp³-hybridized carbons (Fsp3) is 0. The summed E-state index contributed by atoms with van der Waals surface area (Å²) in [6.45, 7) is 0. The van der Waals surface area contributed by atoms with Gasteiger partial charge in [0.15, 0.2) is 5.75 Å². The molecule has 0 aromatic heterocycles. The van der Waals surface area contributed by atoms with Crippen LogP contribution in [-0.2, 0) is 0 Å². The van der Waals surface area contributed by atoms with Crippen molar-refractivity contribution < 1.29 is 9.23 Å². The second kappa shape index (κ2) is 2.86. The van der Waals surface area contributed by atoms with Crippen molar-refractivity contribution in [2.75, 3.05) is 0 Å². The van der Waals surface area contributed by atoms with Gasteiger partial charge in [-0.1, -0.05) is 11.6 Å². The minimum atomic E-state index is -0.465. The van der Waals surface area contributed by atoms with Crippen molar-refractivity contribution in [3.8, 4) is 5.75 Å². The summed E-state index contributed by atoms with van der Waals surface area (Å²) in [4.78, 5) is 4.25. The maximum atomic E-state index is 12.4. The highest BCUT2D eigenvalue weighted by molar-refractivity contribution is 6.30. The van der Waals surface area contributed by atoms with Gasteiger partial charge in [0.2, 0.25) is 0 Å². The van der Waals surface area contributed by atoms with Gasteiger partial charge in [0.1, 0.15) is 5.82 Å². The zero-order valence-electron chi connectivity index (χ0n) is 4.97. The van der Waals surface area contributed by atoms with Gasteiger partial charge in [-0.3, -0.25) is 0 Å². The van der Waals surface area contributed by atoms with Crippen LogP contribution in [0.25, 0.3) is 0 Å². The zero-order chi connectivity index (χ0) is 7.56. The molecule has 0 atom stereocenters. The van der Waals surface area contributed by atoms with Gasteiger partial charge in [-0.05, 0) is 6.07 Å². The van der Waals surface area contributed by atoms with Gasteiger partial charge < -0.3 is 4.84 Å². The highest BCUT2D eigenvalue weighted by Crippen LogP contribution is 2.18. The third-order valence-corrected chi connectivity index (χ3v) is 1.19. The number of halogens is 2. The van der Waals surface area contributed by atoms with Crippen LogP contribution in [0.5, 0.6) is 5.75 Å². The third-order valence-electron chi connectivity index (χ3n) is 0.972. The molecule has 0 aliphatic carbocycles. The first-order valence-corrected chi connectivity index (χ1v) is 2.93. The summed E-state index contributed by atoms with van der Waals surface area (Å²) in [6.07, 6.45) is 0. The second-order valence-corrected chi connectivity index (χ2v) is 2.16. The lowest BCUT2D eigenvalue weighted by Gasteiger charge is -1.97. The predicted octanol–water partition coefficient (Wildman–Crippen LogP) is 1.73. The number of hydrogen-bond acceptors (Lipinski definition) is 2. The van der Waals surface area contributed by atoms with Crippen molar-refractivity contribution in [3.05, 3.63) is 29.0 Å². The molecule has 0 radical (unpaired) electrons. The summed E-state index contributed by atoms with van der Waals surface area (Å²) in [5, 5.41) is 0.264. The molecule has 4 heteroatoms. The molecule has 10 heavy (non-hydrogen) atoms. The van der Waals surface area contributed by atoms with E-state index in [0.29, 0.717) is 0 Å². The Bertz CT molecular complexity index is 221. The van der Waals surface area contributed by atoms with E-state index < -0.39 is 5.82 Å². The van der Waals surface area contributed by atoms with Gasteiger partial charge in [-0.15, -0.1) is 0 Å². The van der Waals surface area contributed by atoms with Gasteiger partial charge in [0.05, 0.1) is 0 Å². The van der Waals surface area contributed by atoms with Gasteiger partial charge in [0, 0.05) is 17.2 Å². The van der Waals surface area contributed by atoms with Gasteiger partial charge >= 0.3 is 0 Å². The smallest absolute Gasteiger partial charge is 0.151 e. The minimum Gasteiger partial charge on any atom is -0.411 e. The fourth-order valence-electron chi connectivity index (χ4n) is 0.597. The van der Waals surface area contributed by atoms with Crippen LogP contribution in [-0.4, -0.2) is 0 Å². The predicted molar refractivity (Wildman–Crippen MR) is 36.2 cm³/mol. The first-order valence-electron chi connectivity index (χ1n) is 2.55. The molecule has 0 aliphatic rings. The lowest BCUT2D eigenvalue weighted by atomic mass is 10.3. The lowest BCUT2D eigenvalue weighted by molar-refractivity contribution is 0.332. The number of benzene rings is 1. The van der Waals surface area contributed by atoms with E-state index in [1.54, 1.807) is 0 Å². The topological polar surface area (TPSA) is 35.2 Å². The quantitative estimate of drug-likeness (QED) is 0.637. The number of hydrogen-bond donors (Lipinski definition) is 1. The van der Waals surface area contributed by atoms with E-state index in [4.69, 9.17) is 17.5 Å². The van der Waals surface area contributed by atoms with Gasteiger partial charge in [-0.2, -0.15) is 5.90 Å². The molecule has 0 aliphatic heterocycles. The van der Waals surface area contributed by atoms with Crippen LogP contribution in [0.4, 0.5) is 4.39 Å². The van der Waals surface area contributed by atoms with E-state index in [1.165, 1.54) is 12.1 Å². The van der Waals surface area contributed by atoms with Crippen LogP contribution in [0, 0.1) is 5.82 Å². The molecule has 2 N–H and O–H groups in total. The second-order valence-electron chi connectivity index (χ2n) is 1.72. The van der Waals surface area contributed by atoms with Crippen molar-refractivity contribution in [3.63, 3.8) is 0 Å². The monoisotopic (exact) mass is 161 g/mol. The molecule has 0 amide bonds. The number of rotatable bonds is 1. The molecular weight excluding hydrogens is 157 g/mol. The molecule has 0 saturated heterocycles. The Labute approximate surface area is 62.3 Å². The normalized spacial score (nSPS) is 9.50. The summed E-state index contributed by atoms with van der Waals surface area (Å²) < 4.78 is 12.4. The molecule has 1 aromatic rings. The van der Waals surface area contributed by atoms with Crippen LogP contribution in [0.1, 0.15) is 0 Å². The van der Waals surface area contributed by atoms with E-state index in [2.05, 4.69) is 4.84 Å². The van der Waals surface area contributed by atoms with Gasteiger partial charge in [0.25, 0.3) is 0 Å². The summed E-state index contributed by atoms with van der Waals surface area (Å²) in [5.41, 5.74) is 0. The summed E-state index contributed by atoms with van der Waals surface area (Å²) >= 11 is 5.45. The van der Waals surface area contributed by atoms with E-state index in [0.717, 1.165) is 6.07 Å². The molecule has 1 rings (SSSR count). The van der Waals surface area contributed by atoms with Crippen LogP contribution in [0.3, 0.4) is 0 Å². The maximum Gasteiger partial charge on any atom is 0.151 e. The Morgan fingerprint density at radius 2 is 2.10 bits per heavy atom. The Morgan fingerprint density at radius 1 is 1.40 bits per heavy atom. The van der Waals surface area contributed by atoms with Crippen LogP contribution >= 0.6 is 11.6 Å². The molecular formula is C6H5ClFNO. The van der Waals surface area contributed by atoms with Crippen molar-refractivity contribution in [2.24, 2.45) is 5.90 Å². The third kappa shape index (κ3) is 1.59. The van der Waals surface area contributed by atoms with Crippen LogP contribution in [0.2, 0.25) is 5.02 Å². The number of nitrogens with two attached hydrogens (primary N) is 1. The summed E-state index contributed by atoms with van der Waals surface area (Å²) in [7, 11) is 0. The van der Waals surface area contributed by atoms with Crippen molar-refractivity contribution in [1.29, 1.82) is 0 Å². The molecule has 0 heterocycles. The lowest BCUT2D eigenvalue weighted by Crippen LogP contribution is -2.01.